The molecule has 23 heavy (non-hydrogen) atoms. The van der Waals surface area contributed by atoms with Gasteiger partial charge in [-0.15, -0.1) is 0 Å². The normalized spacial score (nSPS) is 24.6. The molecule has 0 radical (unpaired) electrons. The third kappa shape index (κ3) is 3.34. The lowest BCUT2D eigenvalue weighted by Gasteiger charge is -2.40. The van der Waals surface area contributed by atoms with E-state index in [0.717, 1.165) is 43.2 Å². The van der Waals surface area contributed by atoms with Crippen LogP contribution >= 0.6 is 11.3 Å². The van der Waals surface area contributed by atoms with Crippen molar-refractivity contribution < 1.29 is 8.95 Å². The highest BCUT2D eigenvalue weighted by atomic mass is 32.2. The van der Waals surface area contributed by atoms with Crippen molar-refractivity contribution in [2.24, 2.45) is 5.41 Å². The lowest BCUT2D eigenvalue weighted by atomic mass is 9.74. The summed E-state index contributed by atoms with van der Waals surface area (Å²) < 4.78 is 21.5. The highest BCUT2D eigenvalue weighted by Crippen LogP contribution is 2.54. The van der Waals surface area contributed by atoms with Crippen LogP contribution in [0.25, 0.3) is 0 Å². The molecule has 1 aromatic heterocycles. The molecule has 1 aliphatic carbocycles. The molecule has 5 nitrogen and oxygen atoms in total. The molecule has 1 spiro atoms. The standard InChI is InChI=1S/C16H27N3O2S2/c1-5-21-14-18-11-10-16(6-8-17-9-7-16)13(12(11)22-14)19-23(20)15(2,3)4/h13,17,19H,5-10H2,1-4H3/t13-,23-/m1/s1. The summed E-state index contributed by atoms with van der Waals surface area (Å²) >= 11 is 1.62. The number of rotatable bonds is 4. The van der Waals surface area contributed by atoms with Gasteiger partial charge in [-0.1, -0.05) is 11.3 Å². The van der Waals surface area contributed by atoms with Crippen LogP contribution in [0.3, 0.4) is 0 Å². The van der Waals surface area contributed by atoms with Crippen LogP contribution in [0.5, 0.6) is 5.19 Å². The second-order valence-corrected chi connectivity index (χ2v) is 10.4. The predicted octanol–water partition coefficient (Wildman–Crippen LogP) is 2.56. The Bertz CT molecular complexity index is 589. The van der Waals surface area contributed by atoms with Gasteiger partial charge in [0.15, 0.2) is 0 Å². The first kappa shape index (κ1) is 17.3. The summed E-state index contributed by atoms with van der Waals surface area (Å²) in [6.45, 7) is 10.7. The van der Waals surface area contributed by atoms with Crippen molar-refractivity contribution in [3.05, 3.63) is 10.6 Å². The molecule has 2 atom stereocenters. The van der Waals surface area contributed by atoms with Gasteiger partial charge in [0.05, 0.1) is 34.1 Å². The van der Waals surface area contributed by atoms with E-state index in [1.807, 2.05) is 27.7 Å². The summed E-state index contributed by atoms with van der Waals surface area (Å²) in [6, 6.07) is 0.117. The van der Waals surface area contributed by atoms with Crippen LogP contribution in [0.4, 0.5) is 0 Å². The van der Waals surface area contributed by atoms with E-state index in [0.29, 0.717) is 6.61 Å². The minimum Gasteiger partial charge on any atom is -0.470 e. The van der Waals surface area contributed by atoms with Gasteiger partial charge < -0.3 is 10.1 Å². The van der Waals surface area contributed by atoms with Crippen molar-refractivity contribution in [1.82, 2.24) is 15.0 Å². The molecule has 7 heteroatoms. The molecule has 1 aliphatic heterocycles. The first-order valence-corrected chi connectivity index (χ1v) is 10.3. The van der Waals surface area contributed by atoms with E-state index in [4.69, 9.17) is 4.74 Å². The second kappa shape index (κ2) is 6.43. The van der Waals surface area contributed by atoms with Crippen molar-refractivity contribution in [2.45, 2.75) is 57.7 Å². The highest BCUT2D eigenvalue weighted by molar-refractivity contribution is 7.84. The van der Waals surface area contributed by atoms with E-state index in [1.165, 1.54) is 4.88 Å². The SMILES string of the molecule is CCOc1nc2c(s1)[C@@H](N[S@](=O)C(C)(C)C)C1(CCNCC1)C2. The monoisotopic (exact) mass is 357 g/mol. The van der Waals surface area contributed by atoms with Crippen LogP contribution in [0.1, 0.15) is 57.1 Å². The Labute approximate surface area is 145 Å². The van der Waals surface area contributed by atoms with Gasteiger partial charge in [0.25, 0.3) is 5.19 Å². The van der Waals surface area contributed by atoms with Crippen molar-refractivity contribution in [1.29, 1.82) is 0 Å². The largest absolute Gasteiger partial charge is 0.470 e. The van der Waals surface area contributed by atoms with Crippen LogP contribution in [0, 0.1) is 5.41 Å². The lowest BCUT2D eigenvalue weighted by molar-refractivity contribution is 0.164. The molecule has 2 aliphatic rings. The summed E-state index contributed by atoms with van der Waals surface area (Å²) in [4.78, 5) is 5.92. The number of aromatic nitrogens is 1. The first-order valence-electron chi connectivity index (χ1n) is 8.37. The van der Waals surface area contributed by atoms with Gasteiger partial charge in [-0.3, -0.25) is 0 Å². The molecule has 2 heterocycles. The minimum absolute atomic E-state index is 0.117. The number of hydrogen-bond acceptors (Lipinski definition) is 5. The van der Waals surface area contributed by atoms with Crippen molar-refractivity contribution >= 4 is 22.3 Å². The lowest BCUT2D eigenvalue weighted by Crippen LogP contribution is -2.46. The molecule has 1 saturated heterocycles. The van der Waals surface area contributed by atoms with Crippen LogP contribution < -0.4 is 14.8 Å². The zero-order valence-corrected chi connectivity index (χ0v) is 16.0. The summed E-state index contributed by atoms with van der Waals surface area (Å²) in [6.07, 6.45) is 3.16. The summed E-state index contributed by atoms with van der Waals surface area (Å²) in [5.74, 6) is 0. The predicted molar refractivity (Wildman–Crippen MR) is 95.3 cm³/mol. The maximum atomic E-state index is 12.7. The highest BCUT2D eigenvalue weighted by Gasteiger charge is 2.50. The number of ether oxygens (including phenoxy) is 1. The molecular weight excluding hydrogens is 330 g/mol. The van der Waals surface area contributed by atoms with E-state index in [-0.39, 0.29) is 16.2 Å². The average molecular weight is 358 g/mol. The molecule has 130 valence electrons. The average Bonchev–Trinajstić information content (AvgIpc) is 2.96. The molecule has 3 rings (SSSR count). The molecular formula is C16H27N3O2S2. The van der Waals surface area contributed by atoms with E-state index in [9.17, 15) is 4.21 Å². The molecule has 0 saturated carbocycles. The Hall–Kier alpha value is -0.500. The van der Waals surface area contributed by atoms with Gasteiger partial charge in [0, 0.05) is 4.88 Å². The second-order valence-electron chi connectivity index (χ2n) is 7.44. The van der Waals surface area contributed by atoms with Crippen LogP contribution in [-0.2, 0) is 17.4 Å². The topological polar surface area (TPSA) is 63.2 Å². The van der Waals surface area contributed by atoms with Crippen LogP contribution in [0.2, 0.25) is 0 Å². The maximum absolute atomic E-state index is 12.7. The first-order chi connectivity index (χ1) is 10.9. The Kier molecular flexibility index (Phi) is 4.84. The number of nitrogens with zero attached hydrogens (tertiary/aromatic N) is 1. The van der Waals surface area contributed by atoms with Gasteiger partial charge >= 0.3 is 0 Å². The zero-order chi connectivity index (χ0) is 16.7. The molecule has 2 N–H and O–H groups in total. The van der Waals surface area contributed by atoms with Gasteiger partial charge in [0.2, 0.25) is 0 Å². The van der Waals surface area contributed by atoms with Crippen LogP contribution in [0.15, 0.2) is 0 Å². The fourth-order valence-electron chi connectivity index (χ4n) is 3.44. The molecule has 0 bridgehead atoms. The smallest absolute Gasteiger partial charge is 0.273 e. The number of piperidine rings is 1. The maximum Gasteiger partial charge on any atom is 0.273 e. The zero-order valence-electron chi connectivity index (χ0n) is 14.4. The Morgan fingerprint density at radius 1 is 1.43 bits per heavy atom. The number of nitrogens with one attached hydrogen (secondary N) is 2. The number of fused-ring (bicyclic) bond motifs is 1. The van der Waals surface area contributed by atoms with Crippen molar-refractivity contribution in [2.75, 3.05) is 19.7 Å². The van der Waals surface area contributed by atoms with Crippen molar-refractivity contribution in [3.63, 3.8) is 0 Å². The summed E-state index contributed by atoms with van der Waals surface area (Å²) in [7, 11) is -1.09. The fraction of sp³-hybridized carbons (Fsp3) is 0.812. The number of hydrogen-bond donors (Lipinski definition) is 2. The fourth-order valence-corrected chi connectivity index (χ4v) is 5.64. The Morgan fingerprint density at radius 2 is 2.13 bits per heavy atom. The van der Waals surface area contributed by atoms with Gasteiger partial charge in [-0.25, -0.2) is 13.9 Å². The summed E-state index contributed by atoms with van der Waals surface area (Å²) in [5, 5.41) is 4.19. The quantitative estimate of drug-likeness (QED) is 0.869. The van der Waals surface area contributed by atoms with Gasteiger partial charge in [-0.05, 0) is 65.5 Å². The molecule has 0 aromatic carbocycles. The minimum atomic E-state index is -1.09. The van der Waals surface area contributed by atoms with E-state index in [1.54, 1.807) is 11.3 Å². The Morgan fingerprint density at radius 3 is 2.74 bits per heavy atom. The molecule has 1 aromatic rings. The summed E-state index contributed by atoms with van der Waals surface area (Å²) in [5.41, 5.74) is 1.29. The van der Waals surface area contributed by atoms with Crippen molar-refractivity contribution in [3.8, 4) is 5.19 Å². The third-order valence-corrected chi connectivity index (χ3v) is 7.39. The Balaban J connectivity index is 1.91. The van der Waals surface area contributed by atoms with Crippen LogP contribution in [-0.4, -0.2) is 33.6 Å². The van der Waals surface area contributed by atoms with E-state index >= 15 is 0 Å². The van der Waals surface area contributed by atoms with Gasteiger partial charge in [0.1, 0.15) is 0 Å². The van der Waals surface area contributed by atoms with Gasteiger partial charge in [-0.2, -0.15) is 0 Å². The number of thiazole rings is 1. The molecule has 0 unspecified atom stereocenters. The third-order valence-electron chi connectivity index (χ3n) is 4.75. The molecule has 1 fully saturated rings. The van der Waals surface area contributed by atoms with E-state index in [2.05, 4.69) is 15.0 Å². The van der Waals surface area contributed by atoms with E-state index < -0.39 is 11.0 Å². The molecule has 0 amide bonds.